The van der Waals surface area contributed by atoms with Crippen molar-refractivity contribution in [3.05, 3.63) is 0 Å². The SMILES string of the molecule is O=C1CCC(C(=O)N2CCC(CO)CC2)CN1. The van der Waals surface area contributed by atoms with E-state index in [1.165, 1.54) is 0 Å². The van der Waals surface area contributed by atoms with E-state index in [1.54, 1.807) is 0 Å². The minimum Gasteiger partial charge on any atom is -0.396 e. The van der Waals surface area contributed by atoms with Gasteiger partial charge in [0.2, 0.25) is 11.8 Å². The average Bonchev–Trinajstić information content (AvgIpc) is 2.39. The fraction of sp³-hybridized carbons (Fsp3) is 0.833. The smallest absolute Gasteiger partial charge is 0.227 e. The number of aliphatic hydroxyl groups is 1. The van der Waals surface area contributed by atoms with Crippen LogP contribution >= 0.6 is 0 Å². The van der Waals surface area contributed by atoms with E-state index in [4.69, 9.17) is 5.11 Å². The fourth-order valence-electron chi connectivity index (χ4n) is 2.54. The zero-order valence-corrected chi connectivity index (χ0v) is 10.0. The third kappa shape index (κ3) is 2.97. The Labute approximate surface area is 101 Å². The zero-order chi connectivity index (χ0) is 12.3. The summed E-state index contributed by atoms with van der Waals surface area (Å²) in [4.78, 5) is 25.1. The molecule has 2 heterocycles. The number of likely N-dealkylation sites (tertiary alicyclic amines) is 1. The van der Waals surface area contributed by atoms with Gasteiger partial charge in [-0.25, -0.2) is 0 Å². The molecule has 1 unspecified atom stereocenters. The lowest BCUT2D eigenvalue weighted by Crippen LogP contribution is -2.47. The van der Waals surface area contributed by atoms with E-state index in [0.29, 0.717) is 25.3 Å². The van der Waals surface area contributed by atoms with Gasteiger partial charge in [0.15, 0.2) is 0 Å². The highest BCUT2D eigenvalue weighted by Gasteiger charge is 2.30. The molecule has 2 aliphatic heterocycles. The van der Waals surface area contributed by atoms with Gasteiger partial charge < -0.3 is 15.3 Å². The van der Waals surface area contributed by atoms with Crippen molar-refractivity contribution in [1.29, 1.82) is 0 Å². The lowest BCUT2D eigenvalue weighted by Gasteiger charge is -2.34. The maximum atomic E-state index is 12.2. The van der Waals surface area contributed by atoms with Crippen molar-refractivity contribution in [3.63, 3.8) is 0 Å². The average molecular weight is 240 g/mol. The molecule has 0 aromatic carbocycles. The summed E-state index contributed by atoms with van der Waals surface area (Å²) < 4.78 is 0. The van der Waals surface area contributed by atoms with Crippen LogP contribution in [0.3, 0.4) is 0 Å². The highest BCUT2D eigenvalue weighted by molar-refractivity contribution is 5.83. The Kier molecular flexibility index (Phi) is 3.99. The number of carbonyl (C=O) groups is 2. The van der Waals surface area contributed by atoms with Crippen LogP contribution in [0, 0.1) is 11.8 Å². The number of rotatable bonds is 2. The first kappa shape index (κ1) is 12.4. The highest BCUT2D eigenvalue weighted by atomic mass is 16.3. The molecule has 2 saturated heterocycles. The third-order valence-corrected chi connectivity index (χ3v) is 3.80. The predicted molar refractivity (Wildman–Crippen MR) is 62.1 cm³/mol. The maximum absolute atomic E-state index is 12.2. The topological polar surface area (TPSA) is 69.6 Å². The van der Waals surface area contributed by atoms with Crippen LogP contribution in [0.15, 0.2) is 0 Å². The molecule has 1 atom stereocenters. The summed E-state index contributed by atoms with van der Waals surface area (Å²) in [6.45, 7) is 2.20. The van der Waals surface area contributed by atoms with E-state index in [0.717, 1.165) is 25.9 Å². The third-order valence-electron chi connectivity index (χ3n) is 3.80. The van der Waals surface area contributed by atoms with E-state index in [1.807, 2.05) is 4.90 Å². The van der Waals surface area contributed by atoms with Gasteiger partial charge in [-0.05, 0) is 25.2 Å². The quantitative estimate of drug-likeness (QED) is 0.699. The largest absolute Gasteiger partial charge is 0.396 e. The molecule has 0 spiro atoms. The summed E-state index contributed by atoms with van der Waals surface area (Å²) in [5.74, 6) is 0.526. The molecule has 17 heavy (non-hydrogen) atoms. The molecular weight excluding hydrogens is 220 g/mol. The zero-order valence-electron chi connectivity index (χ0n) is 10.0. The van der Waals surface area contributed by atoms with E-state index >= 15 is 0 Å². The minimum absolute atomic E-state index is 0.0432. The van der Waals surface area contributed by atoms with Gasteiger partial charge in [0.25, 0.3) is 0 Å². The molecule has 2 rings (SSSR count). The molecule has 96 valence electrons. The Morgan fingerprint density at radius 1 is 1.35 bits per heavy atom. The summed E-state index contributed by atoms with van der Waals surface area (Å²) in [5, 5.41) is 11.8. The van der Waals surface area contributed by atoms with Gasteiger partial charge in [0.05, 0.1) is 5.92 Å². The van der Waals surface area contributed by atoms with Gasteiger partial charge in [0.1, 0.15) is 0 Å². The number of aliphatic hydroxyl groups excluding tert-OH is 1. The summed E-state index contributed by atoms with van der Waals surface area (Å²) in [5.41, 5.74) is 0. The highest BCUT2D eigenvalue weighted by Crippen LogP contribution is 2.20. The Hall–Kier alpha value is -1.10. The number of carbonyl (C=O) groups excluding carboxylic acids is 2. The molecule has 5 nitrogen and oxygen atoms in total. The van der Waals surface area contributed by atoms with Crippen molar-refractivity contribution in [2.45, 2.75) is 25.7 Å². The molecule has 0 bridgehead atoms. The molecule has 5 heteroatoms. The van der Waals surface area contributed by atoms with Gasteiger partial charge in [-0.3, -0.25) is 9.59 Å². The molecule has 2 N–H and O–H groups in total. The first-order valence-electron chi connectivity index (χ1n) is 6.37. The molecule has 0 radical (unpaired) electrons. The number of piperidine rings is 2. The normalized spacial score (nSPS) is 26.8. The minimum atomic E-state index is -0.0432. The van der Waals surface area contributed by atoms with Crippen LogP contribution in [0.25, 0.3) is 0 Å². The molecule has 0 saturated carbocycles. The Morgan fingerprint density at radius 3 is 2.59 bits per heavy atom. The molecule has 2 fully saturated rings. The van der Waals surface area contributed by atoms with Gasteiger partial charge in [0, 0.05) is 32.7 Å². The van der Waals surface area contributed by atoms with Crippen molar-refractivity contribution in [3.8, 4) is 0 Å². The van der Waals surface area contributed by atoms with Crippen molar-refractivity contribution in [1.82, 2.24) is 10.2 Å². The Bertz CT molecular complexity index is 288. The maximum Gasteiger partial charge on any atom is 0.227 e. The molecule has 2 amide bonds. The predicted octanol–water partition coefficient (Wildman–Crippen LogP) is -0.256. The van der Waals surface area contributed by atoms with Crippen LogP contribution in [0.4, 0.5) is 0 Å². The first-order valence-corrected chi connectivity index (χ1v) is 6.37. The van der Waals surface area contributed by atoms with E-state index in [2.05, 4.69) is 5.32 Å². The van der Waals surface area contributed by atoms with E-state index in [9.17, 15) is 9.59 Å². The van der Waals surface area contributed by atoms with Crippen LogP contribution in [-0.4, -0.2) is 48.1 Å². The van der Waals surface area contributed by atoms with Crippen molar-refractivity contribution in [2.24, 2.45) is 11.8 Å². The summed E-state index contributed by atoms with van der Waals surface area (Å²) in [6, 6.07) is 0. The first-order chi connectivity index (χ1) is 8.20. The summed E-state index contributed by atoms with van der Waals surface area (Å²) in [7, 11) is 0. The molecule has 0 aromatic rings. The van der Waals surface area contributed by atoms with Gasteiger partial charge in [-0.1, -0.05) is 0 Å². The van der Waals surface area contributed by atoms with Crippen molar-refractivity contribution >= 4 is 11.8 Å². The number of amides is 2. The number of nitrogens with one attached hydrogen (secondary N) is 1. The van der Waals surface area contributed by atoms with Gasteiger partial charge in [-0.15, -0.1) is 0 Å². The van der Waals surface area contributed by atoms with Crippen LogP contribution in [0.5, 0.6) is 0 Å². The molecule has 0 aromatic heterocycles. The fourth-order valence-corrected chi connectivity index (χ4v) is 2.54. The lowest BCUT2D eigenvalue weighted by molar-refractivity contribution is -0.139. The number of hydrogen-bond acceptors (Lipinski definition) is 3. The number of nitrogens with zero attached hydrogens (tertiary/aromatic N) is 1. The molecule has 0 aliphatic carbocycles. The molecular formula is C12H20N2O3. The van der Waals surface area contributed by atoms with Gasteiger partial charge in [-0.2, -0.15) is 0 Å². The number of hydrogen-bond donors (Lipinski definition) is 2. The van der Waals surface area contributed by atoms with Crippen LogP contribution < -0.4 is 5.32 Å². The van der Waals surface area contributed by atoms with Crippen LogP contribution in [0.1, 0.15) is 25.7 Å². The van der Waals surface area contributed by atoms with E-state index < -0.39 is 0 Å². The Morgan fingerprint density at radius 2 is 2.06 bits per heavy atom. The standard InChI is InChI=1S/C12H20N2O3/c15-8-9-3-5-14(6-4-9)12(17)10-1-2-11(16)13-7-10/h9-10,15H,1-8H2,(H,13,16). The van der Waals surface area contributed by atoms with Crippen LogP contribution in [-0.2, 0) is 9.59 Å². The summed E-state index contributed by atoms with van der Waals surface area (Å²) >= 11 is 0. The molecule has 2 aliphatic rings. The Balaban J connectivity index is 1.82. The second-order valence-electron chi connectivity index (χ2n) is 4.99. The lowest BCUT2D eigenvalue weighted by atomic mass is 9.94. The second-order valence-corrected chi connectivity index (χ2v) is 4.99. The summed E-state index contributed by atoms with van der Waals surface area (Å²) in [6.07, 6.45) is 2.91. The van der Waals surface area contributed by atoms with Crippen molar-refractivity contribution in [2.75, 3.05) is 26.2 Å². The van der Waals surface area contributed by atoms with Gasteiger partial charge >= 0.3 is 0 Å². The van der Waals surface area contributed by atoms with Crippen molar-refractivity contribution < 1.29 is 14.7 Å². The second kappa shape index (κ2) is 5.49. The van der Waals surface area contributed by atoms with E-state index in [-0.39, 0.29) is 24.3 Å². The van der Waals surface area contributed by atoms with Crippen LogP contribution in [0.2, 0.25) is 0 Å². The monoisotopic (exact) mass is 240 g/mol.